The van der Waals surface area contributed by atoms with Crippen molar-refractivity contribution in [2.24, 2.45) is 7.05 Å². The summed E-state index contributed by atoms with van der Waals surface area (Å²) in [6.07, 6.45) is 9.89. The van der Waals surface area contributed by atoms with Crippen LogP contribution < -0.4 is 5.32 Å². The van der Waals surface area contributed by atoms with Gasteiger partial charge in [0.1, 0.15) is 5.82 Å². The van der Waals surface area contributed by atoms with Crippen LogP contribution >= 0.6 is 0 Å². The number of nitrogens with one attached hydrogen (secondary N) is 1. The zero-order chi connectivity index (χ0) is 12.3. The lowest BCUT2D eigenvalue weighted by Gasteiger charge is -2.41. The molecule has 2 rings (SSSR count). The molecule has 0 radical (unpaired) electrons. The predicted molar refractivity (Wildman–Crippen MR) is 67.8 cm³/mol. The van der Waals surface area contributed by atoms with E-state index in [1.54, 1.807) is 0 Å². The highest BCUT2D eigenvalue weighted by Gasteiger charge is 2.41. The van der Waals surface area contributed by atoms with Crippen LogP contribution in [0, 0.1) is 0 Å². The van der Waals surface area contributed by atoms with Crippen LogP contribution in [0.25, 0.3) is 0 Å². The van der Waals surface area contributed by atoms with Gasteiger partial charge in [-0.1, -0.05) is 19.3 Å². The van der Waals surface area contributed by atoms with Gasteiger partial charge in [0, 0.05) is 26.6 Å². The molecular formula is C13H23N3O. The van der Waals surface area contributed by atoms with Crippen molar-refractivity contribution in [1.29, 1.82) is 0 Å². The summed E-state index contributed by atoms with van der Waals surface area (Å²) in [6, 6.07) is 0.174. The second-order valence-electron chi connectivity index (χ2n) is 4.95. The maximum Gasteiger partial charge on any atom is 0.128 e. The molecule has 1 fully saturated rings. The summed E-state index contributed by atoms with van der Waals surface area (Å²) >= 11 is 0. The van der Waals surface area contributed by atoms with Crippen LogP contribution in [0.1, 0.15) is 44.0 Å². The third-order valence-corrected chi connectivity index (χ3v) is 4.04. The molecule has 4 heteroatoms. The van der Waals surface area contributed by atoms with E-state index >= 15 is 0 Å². The van der Waals surface area contributed by atoms with E-state index < -0.39 is 0 Å². The molecule has 1 aromatic heterocycles. The molecule has 1 aromatic rings. The van der Waals surface area contributed by atoms with Crippen molar-refractivity contribution in [3.05, 3.63) is 18.2 Å². The second-order valence-corrected chi connectivity index (χ2v) is 4.95. The van der Waals surface area contributed by atoms with Gasteiger partial charge in [0.25, 0.3) is 0 Å². The van der Waals surface area contributed by atoms with Crippen LogP contribution in [0.4, 0.5) is 0 Å². The summed E-state index contributed by atoms with van der Waals surface area (Å²) in [5, 5.41) is 3.40. The Morgan fingerprint density at radius 3 is 2.59 bits per heavy atom. The maximum atomic E-state index is 5.89. The highest BCUT2D eigenvalue weighted by molar-refractivity contribution is 5.08. The zero-order valence-corrected chi connectivity index (χ0v) is 11.1. The lowest BCUT2D eigenvalue weighted by Crippen LogP contribution is -2.47. The highest BCUT2D eigenvalue weighted by Crippen LogP contribution is 2.40. The first-order valence-electron chi connectivity index (χ1n) is 6.43. The molecule has 1 aliphatic carbocycles. The lowest BCUT2D eigenvalue weighted by atomic mass is 9.78. The molecule has 1 N–H and O–H groups in total. The SMILES string of the molecule is CNC(c1nccn1C)C1(OC)CCCCC1. The number of aryl methyl sites for hydroxylation is 1. The minimum absolute atomic E-state index is 0.0912. The van der Waals surface area contributed by atoms with Gasteiger partial charge in [0.05, 0.1) is 11.6 Å². The van der Waals surface area contributed by atoms with Crippen molar-refractivity contribution >= 4 is 0 Å². The fraction of sp³-hybridized carbons (Fsp3) is 0.769. The Balaban J connectivity index is 2.29. The van der Waals surface area contributed by atoms with Gasteiger partial charge in [-0.15, -0.1) is 0 Å². The summed E-state index contributed by atoms with van der Waals surface area (Å²) in [7, 11) is 5.87. The van der Waals surface area contributed by atoms with Gasteiger partial charge in [-0.05, 0) is 19.9 Å². The maximum absolute atomic E-state index is 5.89. The fourth-order valence-corrected chi connectivity index (χ4v) is 3.04. The van der Waals surface area contributed by atoms with Gasteiger partial charge in [0.2, 0.25) is 0 Å². The molecule has 0 aliphatic heterocycles. The van der Waals surface area contributed by atoms with Crippen LogP contribution in [-0.2, 0) is 11.8 Å². The molecule has 17 heavy (non-hydrogen) atoms. The van der Waals surface area contributed by atoms with Crippen molar-refractivity contribution in [2.45, 2.75) is 43.7 Å². The third kappa shape index (κ3) is 2.24. The molecule has 1 heterocycles. The Bertz CT molecular complexity index is 355. The first kappa shape index (κ1) is 12.6. The molecule has 96 valence electrons. The van der Waals surface area contributed by atoms with E-state index in [2.05, 4.69) is 14.9 Å². The summed E-state index contributed by atoms with van der Waals surface area (Å²) in [5.74, 6) is 1.07. The number of aromatic nitrogens is 2. The fourth-order valence-electron chi connectivity index (χ4n) is 3.04. The number of ether oxygens (including phenoxy) is 1. The van der Waals surface area contributed by atoms with E-state index in [1.807, 2.05) is 33.6 Å². The van der Waals surface area contributed by atoms with Crippen LogP contribution in [0.3, 0.4) is 0 Å². The van der Waals surface area contributed by atoms with Crippen molar-refractivity contribution in [1.82, 2.24) is 14.9 Å². The van der Waals surface area contributed by atoms with Crippen LogP contribution in [0.2, 0.25) is 0 Å². The molecule has 0 amide bonds. The molecule has 1 unspecified atom stereocenters. The van der Waals surface area contributed by atoms with E-state index in [4.69, 9.17) is 4.74 Å². The third-order valence-electron chi connectivity index (χ3n) is 4.04. The van der Waals surface area contributed by atoms with Crippen molar-refractivity contribution in [2.75, 3.05) is 14.2 Å². The number of likely N-dealkylation sites (N-methyl/N-ethyl adjacent to an activating group) is 1. The normalized spacial score (nSPS) is 21.4. The smallest absolute Gasteiger partial charge is 0.128 e. The summed E-state index contributed by atoms with van der Waals surface area (Å²) in [4.78, 5) is 4.48. The number of methoxy groups -OCH3 is 1. The first-order valence-corrected chi connectivity index (χ1v) is 6.43. The van der Waals surface area contributed by atoms with Crippen LogP contribution in [-0.4, -0.2) is 29.3 Å². The number of hydrogen-bond donors (Lipinski definition) is 1. The molecule has 1 saturated carbocycles. The second kappa shape index (κ2) is 5.19. The van der Waals surface area contributed by atoms with E-state index in [1.165, 1.54) is 19.3 Å². The average Bonchev–Trinajstić information content (AvgIpc) is 2.78. The largest absolute Gasteiger partial charge is 0.376 e. The minimum atomic E-state index is -0.0912. The number of imidazole rings is 1. The summed E-state index contributed by atoms with van der Waals surface area (Å²) in [5.41, 5.74) is -0.0912. The molecule has 4 nitrogen and oxygen atoms in total. The number of hydrogen-bond acceptors (Lipinski definition) is 3. The molecule has 0 aromatic carbocycles. The van der Waals surface area contributed by atoms with Gasteiger partial charge in [0.15, 0.2) is 0 Å². The highest BCUT2D eigenvalue weighted by atomic mass is 16.5. The Kier molecular flexibility index (Phi) is 3.84. The van der Waals surface area contributed by atoms with Gasteiger partial charge >= 0.3 is 0 Å². The van der Waals surface area contributed by atoms with Gasteiger partial charge in [-0.3, -0.25) is 0 Å². The first-order chi connectivity index (χ1) is 8.23. The minimum Gasteiger partial charge on any atom is -0.376 e. The topological polar surface area (TPSA) is 39.1 Å². The summed E-state index contributed by atoms with van der Waals surface area (Å²) in [6.45, 7) is 0. The van der Waals surface area contributed by atoms with Gasteiger partial charge in [-0.2, -0.15) is 0 Å². The van der Waals surface area contributed by atoms with Gasteiger partial charge in [-0.25, -0.2) is 4.98 Å². The van der Waals surface area contributed by atoms with Gasteiger partial charge < -0.3 is 14.6 Å². The number of nitrogens with zero attached hydrogens (tertiary/aromatic N) is 2. The monoisotopic (exact) mass is 237 g/mol. The Labute approximate surface area is 103 Å². The standard InChI is InChI=1S/C13H23N3O/c1-14-11(12-15-9-10-16(12)2)13(17-3)7-5-4-6-8-13/h9-11,14H,4-8H2,1-3H3. The van der Waals surface area contributed by atoms with Crippen LogP contribution in [0.15, 0.2) is 12.4 Å². The molecule has 1 atom stereocenters. The lowest BCUT2D eigenvalue weighted by molar-refractivity contribution is -0.0696. The molecule has 1 aliphatic rings. The van der Waals surface area contributed by atoms with E-state index in [0.717, 1.165) is 18.7 Å². The zero-order valence-electron chi connectivity index (χ0n) is 11.1. The molecular weight excluding hydrogens is 214 g/mol. The van der Waals surface area contributed by atoms with E-state index in [9.17, 15) is 0 Å². The van der Waals surface area contributed by atoms with Crippen LogP contribution in [0.5, 0.6) is 0 Å². The molecule has 0 spiro atoms. The average molecular weight is 237 g/mol. The Morgan fingerprint density at radius 1 is 1.41 bits per heavy atom. The predicted octanol–water partition coefficient (Wildman–Crippen LogP) is 2.03. The van der Waals surface area contributed by atoms with Crippen molar-refractivity contribution < 1.29 is 4.74 Å². The molecule has 0 bridgehead atoms. The molecule has 0 saturated heterocycles. The van der Waals surface area contributed by atoms with E-state index in [0.29, 0.717) is 0 Å². The Hall–Kier alpha value is -0.870. The van der Waals surface area contributed by atoms with Crippen molar-refractivity contribution in [3.63, 3.8) is 0 Å². The quantitative estimate of drug-likeness (QED) is 0.871. The van der Waals surface area contributed by atoms with E-state index in [-0.39, 0.29) is 11.6 Å². The number of rotatable bonds is 4. The summed E-state index contributed by atoms with van der Waals surface area (Å²) < 4.78 is 7.97. The Morgan fingerprint density at radius 2 is 2.12 bits per heavy atom. The van der Waals surface area contributed by atoms with Crippen molar-refractivity contribution in [3.8, 4) is 0 Å².